The lowest BCUT2D eigenvalue weighted by atomic mass is 9.75. The first kappa shape index (κ1) is 17.6. The van der Waals surface area contributed by atoms with Gasteiger partial charge < -0.3 is 15.2 Å². The normalized spacial score (nSPS) is 22.5. The number of ether oxygens (including phenoxy) is 1. The fourth-order valence-corrected chi connectivity index (χ4v) is 4.35. The van der Waals surface area contributed by atoms with E-state index in [1.54, 1.807) is 24.3 Å². The fraction of sp³-hybridized carbons (Fsp3) is 0.238. The number of carbonyl (C=O) groups excluding carboxylic acids is 1. The average molecular weight is 384 g/mol. The van der Waals surface area contributed by atoms with E-state index >= 15 is 0 Å². The van der Waals surface area contributed by atoms with Crippen molar-refractivity contribution in [2.24, 2.45) is 5.92 Å². The molecule has 0 spiro atoms. The minimum absolute atomic E-state index is 0.0173. The van der Waals surface area contributed by atoms with Gasteiger partial charge in [0.1, 0.15) is 0 Å². The zero-order chi connectivity index (χ0) is 19.1. The summed E-state index contributed by atoms with van der Waals surface area (Å²) in [6, 6.07) is 10.4. The highest BCUT2D eigenvalue weighted by Crippen LogP contribution is 2.52. The van der Waals surface area contributed by atoms with Crippen molar-refractivity contribution in [1.29, 1.82) is 0 Å². The Morgan fingerprint density at radius 1 is 1.19 bits per heavy atom. The molecule has 0 aromatic heterocycles. The number of carbonyl (C=O) groups is 2. The summed E-state index contributed by atoms with van der Waals surface area (Å²) in [5.41, 5.74) is 3.21. The third-order valence-electron chi connectivity index (χ3n) is 5.39. The molecule has 6 heteroatoms. The molecule has 2 aliphatic rings. The number of nitrogens with one attached hydrogen (secondary N) is 1. The average Bonchev–Trinajstić information content (AvgIpc) is 3.17. The third-order valence-corrected chi connectivity index (χ3v) is 5.71. The van der Waals surface area contributed by atoms with Crippen molar-refractivity contribution in [3.8, 4) is 0 Å². The smallest absolute Gasteiger partial charge is 0.337 e. The molecule has 0 saturated carbocycles. The second-order valence-electron chi connectivity index (χ2n) is 6.78. The molecule has 2 aromatic rings. The number of esters is 1. The Labute approximate surface area is 161 Å². The van der Waals surface area contributed by atoms with Crippen LogP contribution in [-0.4, -0.2) is 24.2 Å². The van der Waals surface area contributed by atoms with E-state index in [1.165, 1.54) is 7.11 Å². The van der Waals surface area contributed by atoms with Crippen LogP contribution < -0.4 is 5.32 Å². The van der Waals surface area contributed by atoms with Crippen molar-refractivity contribution < 1.29 is 19.4 Å². The number of hydrogen-bond acceptors (Lipinski definition) is 4. The topological polar surface area (TPSA) is 75.6 Å². The van der Waals surface area contributed by atoms with Crippen LogP contribution in [0.25, 0.3) is 0 Å². The first-order chi connectivity index (χ1) is 13.0. The third kappa shape index (κ3) is 2.88. The van der Waals surface area contributed by atoms with Crippen molar-refractivity contribution in [2.75, 3.05) is 12.4 Å². The highest BCUT2D eigenvalue weighted by molar-refractivity contribution is 6.33. The molecular formula is C21H18ClNO4. The van der Waals surface area contributed by atoms with Crippen LogP contribution in [0.5, 0.6) is 0 Å². The largest absolute Gasteiger partial charge is 0.478 e. The van der Waals surface area contributed by atoms with Gasteiger partial charge in [0.25, 0.3) is 0 Å². The van der Waals surface area contributed by atoms with Crippen LogP contribution in [0.4, 0.5) is 5.69 Å². The Bertz CT molecular complexity index is 951. The Morgan fingerprint density at radius 2 is 1.93 bits per heavy atom. The first-order valence-corrected chi connectivity index (χ1v) is 9.06. The van der Waals surface area contributed by atoms with Gasteiger partial charge in [-0.15, -0.1) is 0 Å². The molecule has 1 aliphatic carbocycles. The number of halogens is 1. The minimum atomic E-state index is -0.954. The summed E-state index contributed by atoms with van der Waals surface area (Å²) in [6.45, 7) is 0. The molecule has 138 valence electrons. The lowest BCUT2D eigenvalue weighted by molar-refractivity contribution is 0.0599. The van der Waals surface area contributed by atoms with Gasteiger partial charge in [0.2, 0.25) is 0 Å². The van der Waals surface area contributed by atoms with Crippen LogP contribution in [0.3, 0.4) is 0 Å². The summed E-state index contributed by atoms with van der Waals surface area (Å²) >= 11 is 6.41. The molecule has 3 atom stereocenters. The van der Waals surface area contributed by atoms with Crippen LogP contribution in [0, 0.1) is 5.92 Å². The summed E-state index contributed by atoms with van der Waals surface area (Å²) in [5, 5.41) is 13.6. The van der Waals surface area contributed by atoms with Crippen LogP contribution in [-0.2, 0) is 4.74 Å². The molecule has 0 amide bonds. The molecule has 5 nitrogen and oxygen atoms in total. The molecule has 0 radical (unpaired) electrons. The first-order valence-electron chi connectivity index (χ1n) is 8.68. The number of methoxy groups -OCH3 is 1. The van der Waals surface area contributed by atoms with E-state index in [2.05, 4.69) is 17.5 Å². The lowest BCUT2D eigenvalue weighted by Gasteiger charge is -2.38. The van der Waals surface area contributed by atoms with Crippen LogP contribution in [0.2, 0.25) is 5.02 Å². The number of rotatable bonds is 3. The van der Waals surface area contributed by atoms with Crippen LogP contribution in [0.15, 0.2) is 48.6 Å². The van der Waals surface area contributed by atoms with E-state index in [4.69, 9.17) is 16.3 Å². The highest BCUT2D eigenvalue weighted by Gasteiger charge is 2.40. The Hall–Kier alpha value is -2.79. The van der Waals surface area contributed by atoms with E-state index in [-0.39, 0.29) is 29.4 Å². The Balaban J connectivity index is 1.77. The molecule has 27 heavy (non-hydrogen) atoms. The van der Waals surface area contributed by atoms with Crippen molar-refractivity contribution in [3.05, 3.63) is 75.8 Å². The molecule has 1 aliphatic heterocycles. The summed E-state index contributed by atoms with van der Waals surface area (Å²) in [4.78, 5) is 23.4. The number of hydrogen-bond donors (Lipinski definition) is 2. The van der Waals surface area contributed by atoms with Gasteiger partial charge in [-0.2, -0.15) is 0 Å². The van der Waals surface area contributed by atoms with Crippen LogP contribution >= 0.6 is 11.6 Å². The van der Waals surface area contributed by atoms with E-state index in [0.717, 1.165) is 17.5 Å². The zero-order valence-electron chi connectivity index (χ0n) is 14.6. The van der Waals surface area contributed by atoms with Crippen molar-refractivity contribution in [1.82, 2.24) is 0 Å². The second kappa shape index (κ2) is 6.74. The number of anilines is 1. The van der Waals surface area contributed by atoms with E-state index in [1.807, 2.05) is 12.1 Å². The van der Waals surface area contributed by atoms with Gasteiger partial charge >= 0.3 is 11.9 Å². The number of allylic oxidation sites excluding steroid dienone is 2. The highest BCUT2D eigenvalue weighted by atomic mass is 35.5. The zero-order valence-corrected chi connectivity index (χ0v) is 15.4. The quantitative estimate of drug-likeness (QED) is 0.596. The fourth-order valence-electron chi connectivity index (χ4n) is 4.14. The SMILES string of the molecule is COC(=O)c1ccc([C@H]2Nc3c(Cl)ccc(C(=O)O)c3[C@@H]3C=CC[C@H]23)cc1. The molecule has 0 bridgehead atoms. The van der Waals surface area contributed by atoms with E-state index in [9.17, 15) is 14.7 Å². The lowest BCUT2D eigenvalue weighted by Crippen LogP contribution is -2.30. The van der Waals surface area contributed by atoms with Crippen molar-refractivity contribution in [2.45, 2.75) is 18.4 Å². The number of fused-ring (bicyclic) bond motifs is 3. The standard InChI is InChI=1S/C21H18ClNO4/c1-27-21(26)12-7-5-11(6-8-12)18-14-4-2-3-13(14)17-15(20(24)25)9-10-16(22)19(17)23-18/h2-3,5-10,13-14,18,23H,4H2,1H3,(H,24,25)/t13-,14+,18-/m1/s1. The molecule has 0 fully saturated rings. The van der Waals surface area contributed by atoms with E-state index in [0.29, 0.717) is 16.3 Å². The van der Waals surface area contributed by atoms with Crippen molar-refractivity contribution >= 4 is 29.2 Å². The molecular weight excluding hydrogens is 366 g/mol. The molecule has 4 rings (SSSR count). The summed E-state index contributed by atoms with van der Waals surface area (Å²) < 4.78 is 4.75. The van der Waals surface area contributed by atoms with Crippen molar-refractivity contribution in [3.63, 3.8) is 0 Å². The summed E-state index contributed by atoms with van der Waals surface area (Å²) in [6.07, 6.45) is 5.00. The number of carboxylic acid groups (broad SMARTS) is 1. The Kier molecular flexibility index (Phi) is 4.40. The summed E-state index contributed by atoms with van der Waals surface area (Å²) in [7, 11) is 1.35. The maximum Gasteiger partial charge on any atom is 0.337 e. The van der Waals surface area contributed by atoms with Gasteiger partial charge in [-0.1, -0.05) is 35.9 Å². The van der Waals surface area contributed by atoms with Crippen LogP contribution in [0.1, 0.15) is 50.2 Å². The van der Waals surface area contributed by atoms with Gasteiger partial charge in [0, 0.05) is 5.92 Å². The predicted molar refractivity (Wildman–Crippen MR) is 103 cm³/mol. The molecule has 2 aromatic carbocycles. The van der Waals surface area contributed by atoms with E-state index < -0.39 is 5.97 Å². The predicted octanol–water partition coefficient (Wildman–Crippen LogP) is 4.65. The second-order valence-corrected chi connectivity index (χ2v) is 7.19. The monoisotopic (exact) mass is 383 g/mol. The molecule has 0 saturated heterocycles. The number of carboxylic acids is 1. The molecule has 2 N–H and O–H groups in total. The molecule has 1 heterocycles. The molecule has 0 unspecified atom stereocenters. The van der Waals surface area contributed by atoms with Gasteiger partial charge in [-0.25, -0.2) is 9.59 Å². The Morgan fingerprint density at radius 3 is 2.59 bits per heavy atom. The maximum absolute atomic E-state index is 11.7. The number of benzene rings is 2. The minimum Gasteiger partial charge on any atom is -0.478 e. The van der Waals surface area contributed by atoms with Gasteiger partial charge in [0.05, 0.1) is 35.0 Å². The number of aromatic carboxylic acids is 1. The maximum atomic E-state index is 11.7. The summed E-state index contributed by atoms with van der Waals surface area (Å²) in [5.74, 6) is -1.17. The van der Waals surface area contributed by atoms with Gasteiger partial charge in [0.15, 0.2) is 0 Å². The van der Waals surface area contributed by atoms with Gasteiger partial charge in [-0.05, 0) is 47.7 Å². The van der Waals surface area contributed by atoms with Gasteiger partial charge in [-0.3, -0.25) is 0 Å².